The molecule has 2 atom stereocenters. The van der Waals surface area contributed by atoms with E-state index in [9.17, 15) is 0 Å². The molecule has 12 heavy (non-hydrogen) atoms. The second kappa shape index (κ2) is 4.11. The molecule has 0 N–H and O–H groups in total. The Labute approximate surface area is 78.1 Å². The fourth-order valence-electron chi connectivity index (χ4n) is 1.09. The maximum Gasteiger partial charge on any atom is -0.0234 e. The molecule has 0 aromatic carbocycles. The van der Waals surface area contributed by atoms with Gasteiger partial charge in [-0.15, -0.1) is 0 Å². The lowest BCUT2D eigenvalue weighted by molar-refractivity contribution is 0.228. The van der Waals surface area contributed by atoms with Crippen LogP contribution in [-0.4, -0.2) is 0 Å². The molecule has 0 fully saturated rings. The molecule has 0 rings (SSSR count). The van der Waals surface area contributed by atoms with Gasteiger partial charge >= 0.3 is 0 Å². The first-order valence-electron chi connectivity index (χ1n) is 4.90. The van der Waals surface area contributed by atoms with E-state index in [4.69, 9.17) is 0 Å². The van der Waals surface area contributed by atoms with Gasteiger partial charge in [-0.2, -0.15) is 0 Å². The summed E-state index contributed by atoms with van der Waals surface area (Å²) in [6, 6.07) is 0. The normalized spacial score (nSPS) is 17.2. The third-order valence-electron chi connectivity index (χ3n) is 3.03. The van der Waals surface area contributed by atoms with Gasteiger partial charge in [-0.25, -0.2) is 0 Å². The highest BCUT2D eigenvalue weighted by atomic mass is 14.3. The van der Waals surface area contributed by atoms with Crippen LogP contribution in [0.2, 0.25) is 0 Å². The van der Waals surface area contributed by atoms with Crippen LogP contribution in [-0.2, 0) is 0 Å². The topological polar surface area (TPSA) is 0 Å². The SMILES string of the molecule is C=C(C)C(C)CC(C)C(C)(C)C. The Morgan fingerprint density at radius 3 is 1.92 bits per heavy atom. The van der Waals surface area contributed by atoms with E-state index < -0.39 is 0 Å². The molecule has 0 amide bonds. The molecule has 0 saturated carbocycles. The number of rotatable bonds is 3. The zero-order valence-corrected chi connectivity index (χ0v) is 9.57. The predicted octanol–water partition coefficient (Wildman–Crippen LogP) is 4.27. The summed E-state index contributed by atoms with van der Waals surface area (Å²) in [4.78, 5) is 0. The fraction of sp³-hybridized carbons (Fsp3) is 0.833. The summed E-state index contributed by atoms with van der Waals surface area (Å²) in [6.07, 6.45) is 1.26. The second-order valence-corrected chi connectivity index (χ2v) is 5.25. The third kappa shape index (κ3) is 3.94. The van der Waals surface area contributed by atoms with E-state index in [0.717, 1.165) is 5.92 Å². The molecule has 2 unspecified atom stereocenters. The third-order valence-corrected chi connectivity index (χ3v) is 3.03. The van der Waals surface area contributed by atoms with Crippen molar-refractivity contribution in [3.63, 3.8) is 0 Å². The molecule has 0 spiro atoms. The Hall–Kier alpha value is -0.260. The van der Waals surface area contributed by atoms with Crippen LogP contribution >= 0.6 is 0 Å². The van der Waals surface area contributed by atoms with E-state index in [1.807, 2.05) is 0 Å². The van der Waals surface area contributed by atoms with Crippen molar-refractivity contribution in [3.8, 4) is 0 Å². The lowest BCUT2D eigenvalue weighted by Crippen LogP contribution is -2.19. The largest absolute Gasteiger partial charge is 0.0999 e. The van der Waals surface area contributed by atoms with Crippen molar-refractivity contribution >= 4 is 0 Å². The van der Waals surface area contributed by atoms with Crippen LogP contribution in [0.1, 0.15) is 48.0 Å². The van der Waals surface area contributed by atoms with Gasteiger partial charge < -0.3 is 0 Å². The first-order chi connectivity index (χ1) is 5.25. The van der Waals surface area contributed by atoms with E-state index >= 15 is 0 Å². The van der Waals surface area contributed by atoms with E-state index in [0.29, 0.717) is 11.3 Å². The number of allylic oxidation sites excluding steroid dienone is 1. The standard InChI is InChI=1S/C12H24/c1-9(2)10(3)8-11(4)12(5,6)7/h10-11H,1,8H2,2-7H3. The van der Waals surface area contributed by atoms with Gasteiger partial charge in [0.05, 0.1) is 0 Å². The lowest BCUT2D eigenvalue weighted by atomic mass is 9.76. The van der Waals surface area contributed by atoms with Crippen molar-refractivity contribution < 1.29 is 0 Å². The van der Waals surface area contributed by atoms with Crippen LogP contribution in [0, 0.1) is 17.3 Å². The Kier molecular flexibility index (Phi) is 4.02. The first-order valence-corrected chi connectivity index (χ1v) is 4.90. The van der Waals surface area contributed by atoms with Crippen molar-refractivity contribution in [2.75, 3.05) is 0 Å². The number of hydrogen-bond acceptors (Lipinski definition) is 0. The predicted molar refractivity (Wildman–Crippen MR) is 57.2 cm³/mol. The Bertz CT molecular complexity index is 148. The molecule has 72 valence electrons. The highest BCUT2D eigenvalue weighted by Gasteiger charge is 2.21. The van der Waals surface area contributed by atoms with Crippen molar-refractivity contribution in [2.24, 2.45) is 17.3 Å². The van der Waals surface area contributed by atoms with Crippen LogP contribution < -0.4 is 0 Å². The van der Waals surface area contributed by atoms with Crippen molar-refractivity contribution in [1.29, 1.82) is 0 Å². The summed E-state index contributed by atoms with van der Waals surface area (Å²) in [5.41, 5.74) is 1.75. The van der Waals surface area contributed by atoms with Crippen LogP contribution in [0.15, 0.2) is 12.2 Å². The van der Waals surface area contributed by atoms with E-state index in [1.54, 1.807) is 0 Å². The lowest BCUT2D eigenvalue weighted by Gasteiger charge is -2.29. The molecule has 0 radical (unpaired) electrons. The van der Waals surface area contributed by atoms with Crippen LogP contribution in [0.25, 0.3) is 0 Å². The fourth-order valence-corrected chi connectivity index (χ4v) is 1.09. The minimum Gasteiger partial charge on any atom is -0.0999 e. The Morgan fingerprint density at radius 2 is 1.67 bits per heavy atom. The van der Waals surface area contributed by atoms with Gasteiger partial charge in [0.1, 0.15) is 0 Å². The summed E-state index contributed by atoms with van der Waals surface area (Å²) in [6.45, 7) is 17.6. The molecule has 0 saturated heterocycles. The summed E-state index contributed by atoms with van der Waals surface area (Å²) < 4.78 is 0. The quantitative estimate of drug-likeness (QED) is 0.552. The van der Waals surface area contributed by atoms with Gasteiger partial charge in [-0.3, -0.25) is 0 Å². The van der Waals surface area contributed by atoms with Gasteiger partial charge in [0.2, 0.25) is 0 Å². The molecular weight excluding hydrogens is 144 g/mol. The van der Waals surface area contributed by atoms with E-state index in [2.05, 4.69) is 48.1 Å². The molecule has 0 heterocycles. The maximum absolute atomic E-state index is 3.99. The van der Waals surface area contributed by atoms with Crippen molar-refractivity contribution in [3.05, 3.63) is 12.2 Å². The molecule has 0 bridgehead atoms. The minimum atomic E-state index is 0.434. The average molecular weight is 168 g/mol. The minimum absolute atomic E-state index is 0.434. The molecular formula is C12H24. The van der Waals surface area contributed by atoms with Crippen LogP contribution in [0.5, 0.6) is 0 Å². The van der Waals surface area contributed by atoms with Gasteiger partial charge in [0.25, 0.3) is 0 Å². The monoisotopic (exact) mass is 168 g/mol. The summed E-state index contributed by atoms with van der Waals surface area (Å²) in [5.74, 6) is 1.43. The highest BCUT2D eigenvalue weighted by Crippen LogP contribution is 2.32. The Balaban J connectivity index is 4.01. The van der Waals surface area contributed by atoms with Crippen molar-refractivity contribution in [1.82, 2.24) is 0 Å². The van der Waals surface area contributed by atoms with Gasteiger partial charge in [0, 0.05) is 0 Å². The molecule has 0 heteroatoms. The molecule has 0 aliphatic heterocycles. The van der Waals surface area contributed by atoms with E-state index in [1.165, 1.54) is 12.0 Å². The smallest absolute Gasteiger partial charge is 0.0234 e. The molecule has 0 aliphatic carbocycles. The molecule has 0 aliphatic rings. The summed E-state index contributed by atoms with van der Waals surface area (Å²) in [7, 11) is 0. The van der Waals surface area contributed by atoms with Crippen LogP contribution in [0.3, 0.4) is 0 Å². The average Bonchev–Trinajstić information content (AvgIpc) is 1.85. The van der Waals surface area contributed by atoms with Crippen LogP contribution in [0.4, 0.5) is 0 Å². The zero-order valence-electron chi connectivity index (χ0n) is 9.57. The molecule has 0 aromatic rings. The maximum atomic E-state index is 3.99. The summed E-state index contributed by atoms with van der Waals surface area (Å²) >= 11 is 0. The summed E-state index contributed by atoms with van der Waals surface area (Å²) in [5, 5.41) is 0. The van der Waals surface area contributed by atoms with Gasteiger partial charge in [-0.05, 0) is 30.6 Å². The molecule has 0 nitrogen and oxygen atoms in total. The van der Waals surface area contributed by atoms with Gasteiger partial charge in [0.15, 0.2) is 0 Å². The van der Waals surface area contributed by atoms with E-state index in [-0.39, 0.29) is 0 Å². The Morgan fingerprint density at radius 1 is 1.25 bits per heavy atom. The van der Waals surface area contributed by atoms with Crippen molar-refractivity contribution in [2.45, 2.75) is 48.0 Å². The van der Waals surface area contributed by atoms with Gasteiger partial charge in [-0.1, -0.05) is 46.8 Å². The highest BCUT2D eigenvalue weighted by molar-refractivity contribution is 4.94. The second-order valence-electron chi connectivity index (χ2n) is 5.25. The molecule has 0 aromatic heterocycles. The zero-order chi connectivity index (χ0) is 9.94. The first kappa shape index (κ1) is 11.7. The number of hydrogen-bond donors (Lipinski definition) is 0.